The average Bonchev–Trinajstić information content (AvgIpc) is 2.10. The molecular weight excluding hydrogens is 122 g/mol. The van der Waals surface area contributed by atoms with Crippen LogP contribution in [0, 0.1) is 5.41 Å². The lowest BCUT2D eigenvalue weighted by Gasteiger charge is -2.46. The van der Waals surface area contributed by atoms with Gasteiger partial charge in [-0.1, -0.05) is 0 Å². The van der Waals surface area contributed by atoms with Crippen LogP contribution < -0.4 is 0 Å². The zero-order chi connectivity index (χ0) is 7.19. The van der Waals surface area contributed by atoms with E-state index in [0.29, 0.717) is 5.41 Å². The van der Waals surface area contributed by atoms with E-state index < -0.39 is 0 Å². The molecule has 0 aliphatic carbocycles. The van der Waals surface area contributed by atoms with Gasteiger partial charge in [0.25, 0.3) is 0 Å². The molecule has 0 aromatic heterocycles. The van der Waals surface area contributed by atoms with Gasteiger partial charge in [-0.3, -0.25) is 0 Å². The van der Waals surface area contributed by atoms with Gasteiger partial charge in [0.1, 0.15) is 0 Å². The Kier molecular flexibility index (Phi) is 1.36. The second-order valence-electron chi connectivity index (χ2n) is 4.16. The molecule has 2 saturated heterocycles. The molecule has 0 bridgehead atoms. The SMILES string of the molecule is BN1CCC2(C1)CN(B)C2. The molecule has 0 atom stereocenters. The van der Waals surface area contributed by atoms with E-state index in [-0.39, 0.29) is 0 Å². The summed E-state index contributed by atoms with van der Waals surface area (Å²) in [6, 6.07) is 0. The third-order valence-corrected chi connectivity index (χ3v) is 2.84. The predicted molar refractivity (Wildman–Crippen MR) is 47.3 cm³/mol. The van der Waals surface area contributed by atoms with Crippen molar-refractivity contribution in [2.75, 3.05) is 26.2 Å². The van der Waals surface area contributed by atoms with Gasteiger partial charge < -0.3 is 9.62 Å². The molecule has 2 fully saturated rings. The lowest BCUT2D eigenvalue weighted by Crippen LogP contribution is -2.56. The van der Waals surface area contributed by atoms with Gasteiger partial charge in [-0.15, -0.1) is 0 Å². The second kappa shape index (κ2) is 2.02. The van der Waals surface area contributed by atoms with E-state index in [1.54, 1.807) is 0 Å². The maximum absolute atomic E-state index is 2.45. The van der Waals surface area contributed by atoms with Crippen molar-refractivity contribution in [2.45, 2.75) is 6.42 Å². The summed E-state index contributed by atoms with van der Waals surface area (Å²) in [5, 5.41) is 0. The highest BCUT2D eigenvalue weighted by Crippen LogP contribution is 2.37. The van der Waals surface area contributed by atoms with E-state index in [1.807, 2.05) is 0 Å². The van der Waals surface area contributed by atoms with Crippen molar-refractivity contribution in [1.82, 2.24) is 9.62 Å². The molecular formula is C6H14B2N2. The normalized spacial score (nSPS) is 32.8. The third-order valence-electron chi connectivity index (χ3n) is 2.84. The molecule has 2 aliphatic heterocycles. The van der Waals surface area contributed by atoms with Gasteiger partial charge >= 0.3 is 0 Å². The first-order valence-corrected chi connectivity index (χ1v) is 4.07. The lowest BCUT2D eigenvalue weighted by molar-refractivity contribution is 0.0885. The van der Waals surface area contributed by atoms with Crippen LogP contribution in [-0.2, 0) is 0 Å². The zero-order valence-corrected chi connectivity index (χ0v) is 6.93. The van der Waals surface area contributed by atoms with E-state index in [0.717, 1.165) is 0 Å². The van der Waals surface area contributed by atoms with Gasteiger partial charge in [-0.05, 0) is 32.6 Å². The molecule has 54 valence electrons. The summed E-state index contributed by atoms with van der Waals surface area (Å²) in [5.41, 5.74) is 0.712. The molecule has 0 saturated carbocycles. The fraction of sp³-hybridized carbons (Fsp3) is 1.00. The van der Waals surface area contributed by atoms with Crippen LogP contribution in [0.15, 0.2) is 0 Å². The topological polar surface area (TPSA) is 6.48 Å². The van der Waals surface area contributed by atoms with Gasteiger partial charge in [0, 0.05) is 5.41 Å². The first-order valence-electron chi connectivity index (χ1n) is 4.07. The van der Waals surface area contributed by atoms with Crippen molar-refractivity contribution in [3.63, 3.8) is 0 Å². The van der Waals surface area contributed by atoms with Crippen LogP contribution in [0.4, 0.5) is 0 Å². The summed E-state index contributed by atoms with van der Waals surface area (Å²) >= 11 is 0. The highest BCUT2D eigenvalue weighted by Gasteiger charge is 2.44. The Balaban J connectivity index is 1.95. The smallest absolute Gasteiger partial charge is 0.185 e. The third kappa shape index (κ3) is 0.903. The summed E-state index contributed by atoms with van der Waals surface area (Å²) in [6.07, 6.45) is 1.42. The van der Waals surface area contributed by atoms with Gasteiger partial charge in [-0.25, -0.2) is 0 Å². The molecule has 10 heavy (non-hydrogen) atoms. The van der Waals surface area contributed by atoms with Crippen LogP contribution in [0.5, 0.6) is 0 Å². The number of hydrogen-bond donors (Lipinski definition) is 0. The van der Waals surface area contributed by atoms with E-state index in [4.69, 9.17) is 0 Å². The maximum Gasteiger partial charge on any atom is 0.185 e. The molecule has 0 aromatic rings. The molecule has 0 unspecified atom stereocenters. The second-order valence-corrected chi connectivity index (χ2v) is 4.16. The molecule has 0 radical (unpaired) electrons. The minimum absolute atomic E-state index is 0.712. The first-order chi connectivity index (χ1) is 4.70. The Morgan fingerprint density at radius 2 is 1.60 bits per heavy atom. The minimum Gasteiger partial charge on any atom is -0.348 e. The summed E-state index contributed by atoms with van der Waals surface area (Å²) in [5.74, 6) is 0. The summed E-state index contributed by atoms with van der Waals surface area (Å²) < 4.78 is 0. The summed E-state index contributed by atoms with van der Waals surface area (Å²) in [4.78, 5) is 4.87. The zero-order valence-electron chi connectivity index (χ0n) is 6.93. The fourth-order valence-electron chi connectivity index (χ4n) is 2.52. The van der Waals surface area contributed by atoms with Gasteiger partial charge in [0.15, 0.2) is 16.0 Å². The molecule has 4 heteroatoms. The fourth-order valence-corrected chi connectivity index (χ4v) is 2.52. The Bertz CT molecular complexity index is 139. The van der Waals surface area contributed by atoms with E-state index >= 15 is 0 Å². The average molecular weight is 136 g/mol. The standard InChI is InChI=1S/C6H14B2N2/c7-9-2-1-6(3-9)4-10(8)5-6/h1-5,7-8H2. The molecule has 2 nitrogen and oxygen atoms in total. The van der Waals surface area contributed by atoms with Crippen LogP contribution in [0.25, 0.3) is 0 Å². The van der Waals surface area contributed by atoms with Crippen LogP contribution in [0.3, 0.4) is 0 Å². The molecule has 2 rings (SSSR count). The van der Waals surface area contributed by atoms with Gasteiger partial charge in [-0.2, -0.15) is 0 Å². The first kappa shape index (κ1) is 6.74. The Morgan fingerprint density at radius 1 is 1.00 bits per heavy atom. The van der Waals surface area contributed by atoms with Gasteiger partial charge in [0.2, 0.25) is 0 Å². The Morgan fingerprint density at radius 3 is 2.00 bits per heavy atom. The molecule has 2 aliphatic rings. The van der Waals surface area contributed by atoms with Crippen LogP contribution >= 0.6 is 0 Å². The van der Waals surface area contributed by atoms with Crippen molar-refractivity contribution >= 4 is 16.0 Å². The minimum atomic E-state index is 0.712. The highest BCUT2D eigenvalue weighted by atomic mass is 15.2. The van der Waals surface area contributed by atoms with Crippen molar-refractivity contribution in [3.8, 4) is 0 Å². The van der Waals surface area contributed by atoms with Crippen LogP contribution in [-0.4, -0.2) is 51.8 Å². The van der Waals surface area contributed by atoms with Crippen molar-refractivity contribution in [3.05, 3.63) is 0 Å². The summed E-state index contributed by atoms with van der Waals surface area (Å²) in [6.45, 7) is 5.31. The van der Waals surface area contributed by atoms with Crippen molar-refractivity contribution in [1.29, 1.82) is 0 Å². The lowest BCUT2D eigenvalue weighted by atomic mass is 9.77. The van der Waals surface area contributed by atoms with E-state index in [9.17, 15) is 0 Å². The number of rotatable bonds is 0. The largest absolute Gasteiger partial charge is 0.348 e. The molecule has 0 amide bonds. The quantitative estimate of drug-likeness (QED) is 0.358. The Hall–Kier alpha value is 0.0499. The van der Waals surface area contributed by atoms with Gasteiger partial charge in [0.05, 0.1) is 0 Å². The maximum atomic E-state index is 2.45. The van der Waals surface area contributed by atoms with Crippen LogP contribution in [0.1, 0.15) is 6.42 Å². The Labute approximate surface area is 64.4 Å². The molecule has 0 N–H and O–H groups in total. The predicted octanol–water partition coefficient (Wildman–Crippen LogP) is -1.91. The highest BCUT2D eigenvalue weighted by molar-refractivity contribution is 6.05. The molecule has 1 spiro atoms. The van der Waals surface area contributed by atoms with E-state index in [2.05, 4.69) is 25.6 Å². The molecule has 0 aromatic carbocycles. The number of nitrogens with zero attached hydrogens (tertiary/aromatic N) is 2. The summed E-state index contributed by atoms with van der Waals surface area (Å²) in [7, 11) is 4.44. The number of hydrogen-bond acceptors (Lipinski definition) is 2. The van der Waals surface area contributed by atoms with Crippen molar-refractivity contribution < 1.29 is 0 Å². The van der Waals surface area contributed by atoms with Crippen LogP contribution in [0.2, 0.25) is 0 Å². The van der Waals surface area contributed by atoms with E-state index in [1.165, 1.54) is 32.6 Å². The van der Waals surface area contributed by atoms with Crippen molar-refractivity contribution in [2.24, 2.45) is 5.41 Å². The monoisotopic (exact) mass is 136 g/mol. The molecule has 2 heterocycles.